The van der Waals surface area contributed by atoms with Gasteiger partial charge in [-0.15, -0.1) is 0 Å². The Kier molecular flexibility index (Phi) is 3.90. The summed E-state index contributed by atoms with van der Waals surface area (Å²) in [5.74, 6) is 0.690. The number of aryl methyl sites for hydroxylation is 1. The monoisotopic (exact) mass is 247 g/mol. The maximum Gasteiger partial charge on any atom is 0.255 e. The van der Waals surface area contributed by atoms with Crippen LogP contribution in [0.3, 0.4) is 0 Å². The van der Waals surface area contributed by atoms with Crippen LogP contribution in [0.1, 0.15) is 48.5 Å². The molecule has 0 heterocycles. The zero-order valence-corrected chi connectivity index (χ0v) is 11.1. The van der Waals surface area contributed by atoms with Crippen LogP contribution < -0.4 is 5.32 Å². The van der Waals surface area contributed by atoms with Crippen LogP contribution >= 0.6 is 0 Å². The summed E-state index contributed by atoms with van der Waals surface area (Å²) < 4.78 is 0. The third kappa shape index (κ3) is 3.25. The lowest BCUT2D eigenvalue weighted by atomic mass is 10.1. The van der Waals surface area contributed by atoms with Crippen LogP contribution in [0.25, 0.3) is 0 Å². The number of rotatable bonds is 5. The third-order valence-corrected chi connectivity index (χ3v) is 3.54. The zero-order chi connectivity index (χ0) is 13.1. The smallest absolute Gasteiger partial charge is 0.255 e. The van der Waals surface area contributed by atoms with E-state index in [0.29, 0.717) is 5.56 Å². The highest BCUT2D eigenvalue weighted by Gasteiger charge is 2.26. The van der Waals surface area contributed by atoms with E-state index < -0.39 is 0 Å². The van der Waals surface area contributed by atoms with Gasteiger partial charge >= 0.3 is 0 Å². The number of hydrogen-bond acceptors (Lipinski definition) is 2. The molecule has 18 heavy (non-hydrogen) atoms. The van der Waals surface area contributed by atoms with Gasteiger partial charge in [-0.05, 0) is 43.4 Å². The summed E-state index contributed by atoms with van der Waals surface area (Å²) in [6, 6.07) is 5.38. The second kappa shape index (κ2) is 5.42. The maximum absolute atomic E-state index is 12.1. The molecule has 1 aromatic rings. The van der Waals surface area contributed by atoms with Gasteiger partial charge in [-0.2, -0.15) is 0 Å². The van der Waals surface area contributed by atoms with Crippen molar-refractivity contribution in [1.82, 2.24) is 5.32 Å². The van der Waals surface area contributed by atoms with Gasteiger partial charge in [0.25, 0.3) is 5.91 Å². The van der Waals surface area contributed by atoms with E-state index in [4.69, 9.17) is 0 Å². The van der Waals surface area contributed by atoms with Crippen LogP contribution in [-0.4, -0.2) is 17.1 Å². The molecule has 3 heteroatoms. The summed E-state index contributed by atoms with van der Waals surface area (Å²) in [6.45, 7) is 3.98. The molecule has 0 aromatic heterocycles. The Balaban J connectivity index is 2.00. The molecular formula is C15H21NO2. The second-order valence-electron chi connectivity index (χ2n) is 5.28. The van der Waals surface area contributed by atoms with Crippen molar-refractivity contribution in [3.05, 3.63) is 29.3 Å². The molecule has 1 fully saturated rings. The first-order valence-corrected chi connectivity index (χ1v) is 6.70. The van der Waals surface area contributed by atoms with Gasteiger partial charge in [0.05, 0.1) is 5.56 Å². The van der Waals surface area contributed by atoms with Gasteiger partial charge in [0.15, 0.2) is 0 Å². The van der Waals surface area contributed by atoms with E-state index in [9.17, 15) is 9.90 Å². The van der Waals surface area contributed by atoms with Crippen molar-refractivity contribution >= 4 is 5.91 Å². The van der Waals surface area contributed by atoms with Crippen LogP contribution in [0.2, 0.25) is 0 Å². The van der Waals surface area contributed by atoms with Gasteiger partial charge in [0, 0.05) is 6.04 Å². The fourth-order valence-corrected chi connectivity index (χ4v) is 2.18. The lowest BCUT2D eigenvalue weighted by Crippen LogP contribution is -2.34. The Morgan fingerprint density at radius 3 is 2.78 bits per heavy atom. The predicted octanol–water partition coefficient (Wildman–Crippen LogP) is 3.01. The predicted molar refractivity (Wildman–Crippen MR) is 71.7 cm³/mol. The fraction of sp³-hybridized carbons (Fsp3) is 0.533. The van der Waals surface area contributed by atoms with E-state index in [-0.39, 0.29) is 17.7 Å². The zero-order valence-electron chi connectivity index (χ0n) is 11.1. The molecule has 1 aliphatic rings. The minimum absolute atomic E-state index is 0.0637. The topological polar surface area (TPSA) is 49.3 Å². The Bertz CT molecular complexity index is 438. The van der Waals surface area contributed by atoms with Crippen LogP contribution in [-0.2, 0) is 0 Å². The minimum atomic E-state index is -0.167. The number of hydrogen-bond donors (Lipinski definition) is 2. The second-order valence-corrected chi connectivity index (χ2v) is 5.28. The SMILES string of the molecule is CCC(CC1CC1)NC(=O)c1ccc(C)cc1O. The molecule has 2 rings (SSSR count). The molecule has 0 spiro atoms. The molecule has 1 saturated carbocycles. The molecular weight excluding hydrogens is 226 g/mol. The van der Waals surface area contributed by atoms with Gasteiger partial charge in [-0.3, -0.25) is 4.79 Å². The number of amides is 1. The maximum atomic E-state index is 12.1. The number of carbonyl (C=O) groups is 1. The van der Waals surface area contributed by atoms with Crippen molar-refractivity contribution in [2.45, 2.75) is 45.6 Å². The van der Waals surface area contributed by atoms with Gasteiger partial charge in [0.1, 0.15) is 5.75 Å². The summed E-state index contributed by atoms with van der Waals surface area (Å²) in [4.78, 5) is 12.1. The van der Waals surface area contributed by atoms with E-state index in [1.807, 2.05) is 13.0 Å². The van der Waals surface area contributed by atoms with Crippen molar-refractivity contribution in [2.24, 2.45) is 5.92 Å². The largest absolute Gasteiger partial charge is 0.507 e. The lowest BCUT2D eigenvalue weighted by Gasteiger charge is -2.17. The number of benzene rings is 1. The minimum Gasteiger partial charge on any atom is -0.507 e. The van der Waals surface area contributed by atoms with Crippen molar-refractivity contribution in [3.8, 4) is 5.75 Å². The van der Waals surface area contributed by atoms with Crippen LogP contribution in [0, 0.1) is 12.8 Å². The van der Waals surface area contributed by atoms with E-state index in [2.05, 4.69) is 12.2 Å². The van der Waals surface area contributed by atoms with E-state index in [0.717, 1.165) is 24.3 Å². The van der Waals surface area contributed by atoms with E-state index >= 15 is 0 Å². The van der Waals surface area contributed by atoms with Crippen LogP contribution in [0.15, 0.2) is 18.2 Å². The van der Waals surface area contributed by atoms with Gasteiger partial charge in [0.2, 0.25) is 0 Å². The van der Waals surface area contributed by atoms with Crippen molar-refractivity contribution in [3.63, 3.8) is 0 Å². The van der Waals surface area contributed by atoms with Gasteiger partial charge in [-0.1, -0.05) is 25.8 Å². The average Bonchev–Trinajstić information content (AvgIpc) is 3.11. The number of phenols is 1. The summed E-state index contributed by atoms with van der Waals surface area (Å²) >= 11 is 0. The van der Waals surface area contributed by atoms with Crippen LogP contribution in [0.4, 0.5) is 0 Å². The van der Waals surface area contributed by atoms with Gasteiger partial charge in [-0.25, -0.2) is 0 Å². The lowest BCUT2D eigenvalue weighted by molar-refractivity contribution is 0.0930. The summed E-state index contributed by atoms with van der Waals surface area (Å²) in [5.41, 5.74) is 1.32. The number of nitrogens with one attached hydrogen (secondary N) is 1. The molecule has 0 saturated heterocycles. The molecule has 3 nitrogen and oxygen atoms in total. The van der Waals surface area contributed by atoms with Crippen LogP contribution in [0.5, 0.6) is 5.75 Å². The Hall–Kier alpha value is -1.51. The highest BCUT2D eigenvalue weighted by molar-refractivity contribution is 5.97. The first kappa shape index (κ1) is 12.9. The average molecular weight is 247 g/mol. The molecule has 1 unspecified atom stereocenters. The highest BCUT2D eigenvalue weighted by atomic mass is 16.3. The summed E-state index contributed by atoms with van der Waals surface area (Å²) in [5, 5.41) is 12.8. The summed E-state index contributed by atoms with van der Waals surface area (Å²) in [7, 11) is 0. The quantitative estimate of drug-likeness (QED) is 0.840. The third-order valence-electron chi connectivity index (χ3n) is 3.54. The number of aromatic hydroxyl groups is 1. The van der Waals surface area contributed by atoms with Crippen molar-refractivity contribution in [2.75, 3.05) is 0 Å². The standard InChI is InChI=1S/C15H21NO2/c1-3-12(9-11-5-6-11)16-15(18)13-7-4-10(2)8-14(13)17/h4,7-8,11-12,17H,3,5-6,9H2,1-2H3,(H,16,18). The highest BCUT2D eigenvalue weighted by Crippen LogP contribution is 2.34. The summed E-state index contributed by atoms with van der Waals surface area (Å²) in [6.07, 6.45) is 4.59. The number of phenolic OH excluding ortho intramolecular Hbond substituents is 1. The molecule has 1 atom stereocenters. The Morgan fingerprint density at radius 2 is 2.22 bits per heavy atom. The Labute approximate surface area is 108 Å². The van der Waals surface area contributed by atoms with E-state index in [1.165, 1.54) is 12.8 Å². The Morgan fingerprint density at radius 1 is 1.50 bits per heavy atom. The molecule has 1 amide bonds. The molecule has 0 aliphatic heterocycles. The number of carbonyl (C=O) groups excluding carboxylic acids is 1. The normalized spacial score (nSPS) is 16.3. The van der Waals surface area contributed by atoms with Crippen molar-refractivity contribution in [1.29, 1.82) is 0 Å². The molecule has 1 aromatic carbocycles. The fourth-order valence-electron chi connectivity index (χ4n) is 2.18. The molecule has 1 aliphatic carbocycles. The molecule has 0 radical (unpaired) electrons. The van der Waals surface area contributed by atoms with Crippen molar-refractivity contribution < 1.29 is 9.90 Å². The first-order chi connectivity index (χ1) is 8.60. The molecule has 2 N–H and O–H groups in total. The van der Waals surface area contributed by atoms with E-state index in [1.54, 1.807) is 12.1 Å². The molecule has 0 bridgehead atoms. The first-order valence-electron chi connectivity index (χ1n) is 6.70. The van der Waals surface area contributed by atoms with Gasteiger partial charge < -0.3 is 10.4 Å². The molecule has 98 valence electrons.